The van der Waals surface area contributed by atoms with E-state index in [9.17, 15) is 9.90 Å². The van der Waals surface area contributed by atoms with Crippen molar-refractivity contribution in [2.45, 2.75) is 37.8 Å². The van der Waals surface area contributed by atoms with Gasteiger partial charge < -0.3 is 9.67 Å². The lowest BCUT2D eigenvalue weighted by Crippen LogP contribution is -2.34. The molecule has 3 heteroatoms. The van der Waals surface area contributed by atoms with Gasteiger partial charge in [-0.3, -0.25) is 4.79 Å². The lowest BCUT2D eigenvalue weighted by Gasteiger charge is -2.30. The van der Waals surface area contributed by atoms with Crippen molar-refractivity contribution in [2.75, 3.05) is 0 Å². The summed E-state index contributed by atoms with van der Waals surface area (Å²) in [5.41, 5.74) is 0.913. The van der Waals surface area contributed by atoms with Gasteiger partial charge >= 0.3 is 0 Å². The van der Waals surface area contributed by atoms with E-state index in [0.717, 1.165) is 36.6 Å². The van der Waals surface area contributed by atoms with Crippen LogP contribution in [-0.2, 0) is 0 Å². The molecular weight excluding hydrogens is 226 g/mol. The van der Waals surface area contributed by atoms with Crippen molar-refractivity contribution >= 4 is 10.9 Å². The van der Waals surface area contributed by atoms with Crippen molar-refractivity contribution in [3.8, 4) is 0 Å². The molecule has 0 aliphatic heterocycles. The van der Waals surface area contributed by atoms with E-state index in [-0.39, 0.29) is 11.6 Å². The van der Waals surface area contributed by atoms with Crippen molar-refractivity contribution < 1.29 is 5.11 Å². The van der Waals surface area contributed by atoms with Gasteiger partial charge in [-0.15, -0.1) is 0 Å². The first kappa shape index (κ1) is 11.5. The molecule has 0 unspecified atom stereocenters. The van der Waals surface area contributed by atoms with Gasteiger partial charge in [0.25, 0.3) is 5.56 Å². The van der Waals surface area contributed by atoms with Crippen molar-refractivity contribution in [3.05, 3.63) is 46.8 Å². The van der Waals surface area contributed by atoms with Crippen molar-refractivity contribution in [3.63, 3.8) is 0 Å². The van der Waals surface area contributed by atoms with Gasteiger partial charge in [-0.1, -0.05) is 31.0 Å². The highest BCUT2D eigenvalue weighted by atomic mass is 16.3. The minimum absolute atomic E-state index is 0.0142. The predicted octanol–water partition coefficient (Wildman–Crippen LogP) is 2.48. The van der Waals surface area contributed by atoms with Gasteiger partial charge in [-0.05, 0) is 30.4 Å². The number of hydrogen-bond donors (Lipinski definition) is 1. The molecule has 2 aromatic rings. The van der Waals surface area contributed by atoms with Crippen LogP contribution >= 0.6 is 0 Å². The molecule has 1 heterocycles. The fourth-order valence-electron chi connectivity index (χ4n) is 2.94. The third-order valence-corrected chi connectivity index (χ3v) is 3.86. The van der Waals surface area contributed by atoms with Gasteiger partial charge in [0.15, 0.2) is 0 Å². The van der Waals surface area contributed by atoms with Crippen molar-refractivity contribution in [1.29, 1.82) is 0 Å². The largest absolute Gasteiger partial charge is 0.391 e. The molecule has 1 aliphatic carbocycles. The number of pyridine rings is 1. The Morgan fingerprint density at radius 1 is 1.06 bits per heavy atom. The number of benzene rings is 1. The number of aliphatic hydroxyl groups is 1. The summed E-state index contributed by atoms with van der Waals surface area (Å²) in [5.74, 6) is 0. The molecule has 1 saturated carbocycles. The molecule has 0 amide bonds. The van der Waals surface area contributed by atoms with Crippen LogP contribution in [0.5, 0.6) is 0 Å². The Labute approximate surface area is 106 Å². The first-order valence-electron chi connectivity index (χ1n) is 6.56. The van der Waals surface area contributed by atoms with E-state index in [1.54, 1.807) is 10.6 Å². The molecule has 2 atom stereocenters. The Hall–Kier alpha value is -1.61. The minimum atomic E-state index is -0.401. The fraction of sp³-hybridized carbons (Fsp3) is 0.400. The standard InChI is InChI=1S/C15H17NO2/c17-14-8-4-3-7-13(14)16-12-6-2-1-5-11(12)9-10-15(16)18/h1-2,5-6,9-10,13-14,17H,3-4,7-8H2/t13-,14-/m1/s1. The molecule has 3 rings (SSSR count). The summed E-state index contributed by atoms with van der Waals surface area (Å²) in [4.78, 5) is 12.1. The van der Waals surface area contributed by atoms with Crippen LogP contribution in [0.4, 0.5) is 0 Å². The highest BCUT2D eigenvalue weighted by molar-refractivity contribution is 5.78. The zero-order valence-electron chi connectivity index (χ0n) is 10.2. The van der Waals surface area contributed by atoms with E-state index in [4.69, 9.17) is 0 Å². The van der Waals surface area contributed by atoms with Crippen LogP contribution in [0.15, 0.2) is 41.2 Å². The lowest BCUT2D eigenvalue weighted by molar-refractivity contribution is 0.0759. The first-order valence-corrected chi connectivity index (χ1v) is 6.56. The molecule has 1 aromatic heterocycles. The number of rotatable bonds is 1. The predicted molar refractivity (Wildman–Crippen MR) is 71.7 cm³/mol. The molecule has 1 aromatic carbocycles. The van der Waals surface area contributed by atoms with Gasteiger partial charge in [0.2, 0.25) is 0 Å². The van der Waals surface area contributed by atoms with Crippen LogP contribution in [0, 0.1) is 0 Å². The summed E-state index contributed by atoms with van der Waals surface area (Å²) >= 11 is 0. The quantitative estimate of drug-likeness (QED) is 0.836. The Balaban J connectivity index is 2.20. The zero-order valence-corrected chi connectivity index (χ0v) is 10.2. The third kappa shape index (κ3) is 1.85. The lowest BCUT2D eigenvalue weighted by atomic mass is 9.92. The van der Waals surface area contributed by atoms with Crippen molar-refractivity contribution in [2.24, 2.45) is 0 Å². The second-order valence-electron chi connectivity index (χ2n) is 5.02. The number of fused-ring (bicyclic) bond motifs is 1. The summed E-state index contributed by atoms with van der Waals surface area (Å²) in [7, 11) is 0. The highest BCUT2D eigenvalue weighted by Gasteiger charge is 2.26. The van der Waals surface area contributed by atoms with E-state index >= 15 is 0 Å². The van der Waals surface area contributed by atoms with Crippen LogP contribution in [0.3, 0.4) is 0 Å². The monoisotopic (exact) mass is 243 g/mol. The molecule has 0 radical (unpaired) electrons. The van der Waals surface area contributed by atoms with E-state index in [2.05, 4.69) is 0 Å². The smallest absolute Gasteiger partial charge is 0.251 e. The summed E-state index contributed by atoms with van der Waals surface area (Å²) in [5, 5.41) is 11.2. The molecule has 18 heavy (non-hydrogen) atoms. The molecular formula is C15H17NO2. The Bertz CT molecular complexity index is 617. The summed E-state index contributed by atoms with van der Waals surface area (Å²) in [6, 6.07) is 11.2. The van der Waals surface area contributed by atoms with E-state index in [0.29, 0.717) is 0 Å². The maximum Gasteiger partial charge on any atom is 0.251 e. The Morgan fingerprint density at radius 3 is 2.67 bits per heavy atom. The SMILES string of the molecule is O=c1ccc2ccccc2n1[C@@H]1CCCC[C@H]1O. The number of nitrogens with zero attached hydrogens (tertiary/aromatic N) is 1. The van der Waals surface area contributed by atoms with E-state index < -0.39 is 6.10 Å². The van der Waals surface area contributed by atoms with Gasteiger partial charge in [0.1, 0.15) is 0 Å². The van der Waals surface area contributed by atoms with Crippen LogP contribution < -0.4 is 5.56 Å². The topological polar surface area (TPSA) is 42.2 Å². The number of para-hydroxylation sites is 1. The highest BCUT2D eigenvalue weighted by Crippen LogP contribution is 2.29. The molecule has 1 aliphatic rings. The van der Waals surface area contributed by atoms with E-state index in [1.807, 2.05) is 30.3 Å². The number of aliphatic hydroxyl groups excluding tert-OH is 1. The zero-order chi connectivity index (χ0) is 12.5. The summed E-state index contributed by atoms with van der Waals surface area (Å²) in [6.07, 6.45) is 3.41. The van der Waals surface area contributed by atoms with Gasteiger partial charge in [0, 0.05) is 6.07 Å². The maximum absolute atomic E-state index is 12.1. The first-order chi connectivity index (χ1) is 8.77. The van der Waals surface area contributed by atoms with Crippen LogP contribution in [0.25, 0.3) is 10.9 Å². The van der Waals surface area contributed by atoms with Gasteiger partial charge in [-0.2, -0.15) is 0 Å². The average Bonchev–Trinajstić information content (AvgIpc) is 2.40. The summed E-state index contributed by atoms with van der Waals surface area (Å²) < 4.78 is 1.78. The second kappa shape index (κ2) is 4.58. The Kier molecular flexibility index (Phi) is 2.92. The van der Waals surface area contributed by atoms with Crippen LogP contribution in [-0.4, -0.2) is 15.8 Å². The molecule has 1 N–H and O–H groups in total. The third-order valence-electron chi connectivity index (χ3n) is 3.86. The summed E-state index contributed by atoms with van der Waals surface area (Å²) in [6.45, 7) is 0. The van der Waals surface area contributed by atoms with E-state index in [1.165, 1.54) is 0 Å². The molecule has 94 valence electrons. The number of aromatic nitrogens is 1. The molecule has 0 bridgehead atoms. The fourth-order valence-corrected chi connectivity index (χ4v) is 2.94. The Morgan fingerprint density at radius 2 is 1.83 bits per heavy atom. The maximum atomic E-state index is 12.1. The minimum Gasteiger partial charge on any atom is -0.391 e. The molecule has 0 spiro atoms. The molecule has 0 saturated heterocycles. The van der Waals surface area contributed by atoms with Gasteiger partial charge in [0.05, 0.1) is 17.7 Å². The number of hydrogen-bond acceptors (Lipinski definition) is 2. The second-order valence-corrected chi connectivity index (χ2v) is 5.02. The molecule has 3 nitrogen and oxygen atoms in total. The van der Waals surface area contributed by atoms with Crippen LogP contribution in [0.2, 0.25) is 0 Å². The van der Waals surface area contributed by atoms with Crippen molar-refractivity contribution in [1.82, 2.24) is 4.57 Å². The molecule has 1 fully saturated rings. The van der Waals surface area contributed by atoms with Gasteiger partial charge in [-0.25, -0.2) is 0 Å². The van der Waals surface area contributed by atoms with Crippen LogP contribution in [0.1, 0.15) is 31.7 Å². The normalized spacial score (nSPS) is 24.3. The average molecular weight is 243 g/mol.